The zero-order chi connectivity index (χ0) is 8.20. The van der Waals surface area contributed by atoms with Crippen LogP contribution in [0.1, 0.15) is 19.8 Å². The molecular formula is C6H12F3N. The van der Waals surface area contributed by atoms with Crippen LogP contribution in [0.3, 0.4) is 0 Å². The Morgan fingerprint density at radius 1 is 1.40 bits per heavy atom. The summed E-state index contributed by atoms with van der Waals surface area (Å²) in [4.78, 5) is 0. The summed E-state index contributed by atoms with van der Waals surface area (Å²) in [6.07, 6.45) is -3.39. The maximum atomic E-state index is 11.8. The van der Waals surface area contributed by atoms with Gasteiger partial charge in [0.2, 0.25) is 0 Å². The molecule has 0 radical (unpaired) electrons. The summed E-state index contributed by atoms with van der Waals surface area (Å²) in [6.45, 7) is 1.73. The SMILES string of the molecule is CCC[C@H](NC)C(F)(F)F. The standard InChI is InChI=1S/C6H12F3N/c1-3-4-5(10-2)6(7,8)9/h5,10H,3-4H2,1-2H3/t5-/m0/s1. The third-order valence-corrected chi connectivity index (χ3v) is 1.32. The second-order valence-electron chi connectivity index (χ2n) is 2.17. The van der Waals surface area contributed by atoms with Gasteiger partial charge in [-0.15, -0.1) is 0 Å². The molecule has 0 aromatic rings. The summed E-state index contributed by atoms with van der Waals surface area (Å²) in [5.41, 5.74) is 0. The van der Waals surface area contributed by atoms with E-state index in [-0.39, 0.29) is 6.42 Å². The molecule has 0 aliphatic carbocycles. The molecule has 0 spiro atoms. The summed E-state index contributed by atoms with van der Waals surface area (Å²) in [6, 6.07) is -1.34. The maximum absolute atomic E-state index is 11.8. The normalized spacial score (nSPS) is 15.3. The molecule has 0 aliphatic rings. The number of hydrogen-bond acceptors (Lipinski definition) is 1. The first-order valence-electron chi connectivity index (χ1n) is 3.26. The summed E-state index contributed by atoms with van der Waals surface area (Å²) in [7, 11) is 1.33. The van der Waals surface area contributed by atoms with E-state index in [9.17, 15) is 13.2 Å². The van der Waals surface area contributed by atoms with E-state index in [0.29, 0.717) is 6.42 Å². The van der Waals surface area contributed by atoms with Crippen molar-refractivity contribution in [3.8, 4) is 0 Å². The van der Waals surface area contributed by atoms with E-state index in [1.54, 1.807) is 6.92 Å². The molecule has 0 aromatic heterocycles. The molecule has 0 amide bonds. The lowest BCUT2D eigenvalue weighted by Crippen LogP contribution is -2.39. The summed E-state index contributed by atoms with van der Waals surface area (Å²) in [5, 5.41) is 2.22. The fourth-order valence-electron chi connectivity index (χ4n) is 0.760. The van der Waals surface area contributed by atoms with E-state index >= 15 is 0 Å². The largest absolute Gasteiger partial charge is 0.403 e. The Morgan fingerprint density at radius 2 is 1.90 bits per heavy atom. The van der Waals surface area contributed by atoms with Gasteiger partial charge in [-0.25, -0.2) is 0 Å². The Morgan fingerprint density at radius 3 is 2.00 bits per heavy atom. The lowest BCUT2D eigenvalue weighted by atomic mass is 10.2. The van der Waals surface area contributed by atoms with Crippen LogP contribution in [0.25, 0.3) is 0 Å². The third kappa shape index (κ3) is 3.06. The van der Waals surface area contributed by atoms with Crippen LogP contribution in [0.5, 0.6) is 0 Å². The van der Waals surface area contributed by atoms with E-state index in [4.69, 9.17) is 0 Å². The molecular weight excluding hydrogens is 143 g/mol. The molecule has 1 atom stereocenters. The molecule has 0 unspecified atom stereocenters. The Balaban J connectivity index is 3.81. The summed E-state index contributed by atoms with van der Waals surface area (Å²) >= 11 is 0. The van der Waals surface area contributed by atoms with Gasteiger partial charge < -0.3 is 5.32 Å². The summed E-state index contributed by atoms with van der Waals surface area (Å²) in [5.74, 6) is 0. The van der Waals surface area contributed by atoms with Gasteiger partial charge in [-0.3, -0.25) is 0 Å². The second kappa shape index (κ2) is 3.81. The Bertz CT molecular complexity index is 89.5. The van der Waals surface area contributed by atoms with Crippen molar-refractivity contribution < 1.29 is 13.2 Å². The highest BCUT2D eigenvalue weighted by atomic mass is 19.4. The first kappa shape index (κ1) is 9.75. The maximum Gasteiger partial charge on any atom is 0.403 e. The lowest BCUT2D eigenvalue weighted by molar-refractivity contribution is -0.155. The Kier molecular flexibility index (Phi) is 3.71. The van der Waals surface area contributed by atoms with E-state index in [1.807, 2.05) is 0 Å². The van der Waals surface area contributed by atoms with E-state index in [0.717, 1.165) is 0 Å². The molecule has 0 fully saturated rings. The van der Waals surface area contributed by atoms with Crippen LogP contribution >= 0.6 is 0 Å². The monoisotopic (exact) mass is 155 g/mol. The van der Waals surface area contributed by atoms with Gasteiger partial charge in [0.15, 0.2) is 0 Å². The van der Waals surface area contributed by atoms with Crippen molar-refractivity contribution in [2.45, 2.75) is 32.0 Å². The average Bonchev–Trinajstić information content (AvgIpc) is 1.80. The van der Waals surface area contributed by atoms with Crippen molar-refractivity contribution in [1.82, 2.24) is 5.32 Å². The molecule has 0 saturated heterocycles. The van der Waals surface area contributed by atoms with Crippen LogP contribution in [-0.2, 0) is 0 Å². The van der Waals surface area contributed by atoms with Gasteiger partial charge in [0.25, 0.3) is 0 Å². The summed E-state index contributed by atoms with van der Waals surface area (Å²) < 4.78 is 35.5. The highest BCUT2D eigenvalue weighted by Gasteiger charge is 2.37. The topological polar surface area (TPSA) is 12.0 Å². The predicted molar refractivity (Wildman–Crippen MR) is 33.8 cm³/mol. The fourth-order valence-corrected chi connectivity index (χ4v) is 0.760. The number of halogens is 3. The molecule has 10 heavy (non-hydrogen) atoms. The fraction of sp³-hybridized carbons (Fsp3) is 1.00. The van der Waals surface area contributed by atoms with Gasteiger partial charge in [-0.05, 0) is 13.5 Å². The van der Waals surface area contributed by atoms with Crippen molar-refractivity contribution in [3.05, 3.63) is 0 Å². The second-order valence-corrected chi connectivity index (χ2v) is 2.17. The van der Waals surface area contributed by atoms with Crippen LogP contribution in [-0.4, -0.2) is 19.3 Å². The molecule has 0 bridgehead atoms. The van der Waals surface area contributed by atoms with Crippen LogP contribution in [0.15, 0.2) is 0 Å². The van der Waals surface area contributed by atoms with Gasteiger partial charge in [0.1, 0.15) is 6.04 Å². The Labute approximate surface area is 58.6 Å². The number of alkyl halides is 3. The molecule has 0 aliphatic heterocycles. The van der Waals surface area contributed by atoms with Gasteiger partial charge >= 0.3 is 6.18 Å². The van der Waals surface area contributed by atoms with Gasteiger partial charge in [-0.1, -0.05) is 13.3 Å². The average molecular weight is 155 g/mol. The third-order valence-electron chi connectivity index (χ3n) is 1.32. The smallest absolute Gasteiger partial charge is 0.309 e. The van der Waals surface area contributed by atoms with Gasteiger partial charge in [0.05, 0.1) is 0 Å². The zero-order valence-corrected chi connectivity index (χ0v) is 6.13. The molecule has 0 saturated carbocycles. The van der Waals surface area contributed by atoms with Gasteiger partial charge in [-0.2, -0.15) is 13.2 Å². The number of rotatable bonds is 3. The quantitative estimate of drug-likeness (QED) is 0.656. The van der Waals surface area contributed by atoms with Crippen LogP contribution in [0.2, 0.25) is 0 Å². The van der Waals surface area contributed by atoms with Crippen LogP contribution < -0.4 is 5.32 Å². The van der Waals surface area contributed by atoms with Crippen molar-refractivity contribution >= 4 is 0 Å². The first-order valence-corrected chi connectivity index (χ1v) is 3.26. The molecule has 62 valence electrons. The van der Waals surface area contributed by atoms with Crippen molar-refractivity contribution in [2.75, 3.05) is 7.05 Å². The van der Waals surface area contributed by atoms with E-state index in [2.05, 4.69) is 5.32 Å². The lowest BCUT2D eigenvalue weighted by Gasteiger charge is -2.18. The predicted octanol–water partition coefficient (Wildman–Crippen LogP) is 1.94. The molecule has 1 nitrogen and oxygen atoms in total. The molecule has 0 aromatic carbocycles. The zero-order valence-electron chi connectivity index (χ0n) is 6.13. The minimum absolute atomic E-state index is 0.153. The molecule has 1 N–H and O–H groups in total. The highest BCUT2D eigenvalue weighted by molar-refractivity contribution is 4.71. The minimum Gasteiger partial charge on any atom is -0.309 e. The number of nitrogens with one attached hydrogen (secondary N) is 1. The highest BCUT2D eigenvalue weighted by Crippen LogP contribution is 2.22. The van der Waals surface area contributed by atoms with Crippen molar-refractivity contribution in [1.29, 1.82) is 0 Å². The van der Waals surface area contributed by atoms with Crippen LogP contribution in [0, 0.1) is 0 Å². The van der Waals surface area contributed by atoms with Gasteiger partial charge in [0, 0.05) is 0 Å². The molecule has 0 heterocycles. The van der Waals surface area contributed by atoms with E-state index in [1.165, 1.54) is 7.05 Å². The van der Waals surface area contributed by atoms with E-state index < -0.39 is 12.2 Å². The van der Waals surface area contributed by atoms with Crippen molar-refractivity contribution in [2.24, 2.45) is 0 Å². The Hall–Kier alpha value is -0.250. The minimum atomic E-state index is -4.09. The first-order chi connectivity index (χ1) is 4.52. The molecule has 0 rings (SSSR count). The van der Waals surface area contributed by atoms with Crippen LogP contribution in [0.4, 0.5) is 13.2 Å². The molecule has 4 heteroatoms. The number of hydrogen-bond donors (Lipinski definition) is 1. The van der Waals surface area contributed by atoms with Crippen molar-refractivity contribution in [3.63, 3.8) is 0 Å².